The van der Waals surface area contributed by atoms with Gasteiger partial charge in [-0.25, -0.2) is 0 Å². The maximum atomic E-state index is 5.85. The number of ether oxygens (including phenoxy) is 2. The van der Waals surface area contributed by atoms with E-state index in [1.807, 2.05) is 30.3 Å². The van der Waals surface area contributed by atoms with Crippen LogP contribution in [0.2, 0.25) is 5.02 Å². The van der Waals surface area contributed by atoms with Gasteiger partial charge in [-0.2, -0.15) is 0 Å². The summed E-state index contributed by atoms with van der Waals surface area (Å²) in [6.45, 7) is 0.188. The molecule has 0 radical (unpaired) electrons. The first-order valence-electron chi connectivity index (χ1n) is 6.60. The van der Waals surface area contributed by atoms with Gasteiger partial charge in [0, 0.05) is 16.7 Å². The molecule has 0 saturated carbocycles. The molecule has 0 amide bonds. The first-order valence-corrected chi connectivity index (χ1v) is 6.97. The Bertz CT molecular complexity index is 756. The quantitative estimate of drug-likeness (QED) is 0.712. The fraction of sp³-hybridized carbons (Fsp3) is 0.125. The van der Waals surface area contributed by atoms with Crippen molar-refractivity contribution in [3.8, 4) is 23.0 Å². The van der Waals surface area contributed by atoms with Crippen LogP contribution in [0.25, 0.3) is 11.5 Å². The Hall–Kier alpha value is -2.53. The molecule has 0 spiro atoms. The van der Waals surface area contributed by atoms with Crippen LogP contribution in [0, 0.1) is 0 Å². The molecule has 0 aliphatic rings. The number of benzene rings is 2. The second kappa shape index (κ2) is 6.49. The van der Waals surface area contributed by atoms with Crippen molar-refractivity contribution in [3.63, 3.8) is 0 Å². The second-order valence-corrected chi connectivity index (χ2v) is 4.91. The Morgan fingerprint density at radius 2 is 1.82 bits per heavy atom. The van der Waals surface area contributed by atoms with E-state index < -0.39 is 0 Å². The van der Waals surface area contributed by atoms with Crippen LogP contribution >= 0.6 is 11.6 Å². The lowest BCUT2D eigenvalue weighted by Gasteiger charge is -2.05. The molecule has 0 atom stereocenters. The van der Waals surface area contributed by atoms with Gasteiger partial charge in [0.25, 0.3) is 5.89 Å². The third-order valence-corrected chi connectivity index (χ3v) is 3.21. The monoisotopic (exact) mass is 316 g/mol. The van der Waals surface area contributed by atoms with Gasteiger partial charge in [0.05, 0.1) is 7.11 Å². The van der Waals surface area contributed by atoms with Gasteiger partial charge in [0.15, 0.2) is 6.61 Å². The Morgan fingerprint density at radius 3 is 2.59 bits per heavy atom. The standard InChI is InChI=1S/C16H13ClN2O3/c1-20-13-3-2-4-14(9-13)21-10-15-18-19-16(22-15)11-5-7-12(17)8-6-11/h2-9H,10H2,1H3. The fourth-order valence-corrected chi connectivity index (χ4v) is 1.98. The molecule has 22 heavy (non-hydrogen) atoms. The van der Waals surface area contributed by atoms with E-state index in [1.54, 1.807) is 25.3 Å². The Morgan fingerprint density at radius 1 is 1.05 bits per heavy atom. The van der Waals surface area contributed by atoms with Gasteiger partial charge < -0.3 is 13.9 Å². The topological polar surface area (TPSA) is 57.4 Å². The average Bonchev–Trinajstić information content (AvgIpc) is 3.03. The molecule has 0 unspecified atom stereocenters. The van der Waals surface area contributed by atoms with Crippen LogP contribution in [0.5, 0.6) is 11.5 Å². The molecule has 3 rings (SSSR count). The first kappa shape index (κ1) is 14.4. The third kappa shape index (κ3) is 3.38. The van der Waals surface area contributed by atoms with E-state index in [4.69, 9.17) is 25.5 Å². The van der Waals surface area contributed by atoms with Gasteiger partial charge in [0.2, 0.25) is 5.89 Å². The maximum Gasteiger partial charge on any atom is 0.254 e. The zero-order valence-electron chi connectivity index (χ0n) is 11.8. The third-order valence-electron chi connectivity index (χ3n) is 2.96. The first-order chi connectivity index (χ1) is 10.7. The van der Waals surface area contributed by atoms with Gasteiger partial charge in [-0.05, 0) is 36.4 Å². The molecule has 112 valence electrons. The smallest absolute Gasteiger partial charge is 0.254 e. The molecule has 5 nitrogen and oxygen atoms in total. The van der Waals surface area contributed by atoms with Crippen molar-refractivity contribution in [2.45, 2.75) is 6.61 Å². The highest BCUT2D eigenvalue weighted by Gasteiger charge is 2.09. The molecule has 1 heterocycles. The molecule has 0 aliphatic heterocycles. The molecule has 0 aliphatic carbocycles. The van der Waals surface area contributed by atoms with Crippen LogP contribution in [0.4, 0.5) is 0 Å². The molecule has 0 bridgehead atoms. The van der Waals surface area contributed by atoms with Crippen LogP contribution in [0.15, 0.2) is 52.9 Å². The zero-order valence-corrected chi connectivity index (χ0v) is 12.6. The number of hydrogen-bond acceptors (Lipinski definition) is 5. The SMILES string of the molecule is COc1cccc(OCc2nnc(-c3ccc(Cl)cc3)o2)c1. The highest BCUT2D eigenvalue weighted by molar-refractivity contribution is 6.30. The minimum absolute atomic E-state index is 0.188. The van der Waals surface area contributed by atoms with E-state index in [0.29, 0.717) is 22.6 Å². The summed E-state index contributed by atoms with van der Waals surface area (Å²) in [5.74, 6) is 2.23. The summed E-state index contributed by atoms with van der Waals surface area (Å²) in [5.41, 5.74) is 0.810. The van der Waals surface area contributed by atoms with Crippen molar-refractivity contribution in [2.75, 3.05) is 7.11 Å². The largest absolute Gasteiger partial charge is 0.497 e. The van der Waals surface area contributed by atoms with Crippen molar-refractivity contribution < 1.29 is 13.9 Å². The minimum atomic E-state index is 0.188. The summed E-state index contributed by atoms with van der Waals surface area (Å²) in [7, 11) is 1.61. The molecule has 0 N–H and O–H groups in total. The highest BCUT2D eigenvalue weighted by atomic mass is 35.5. The van der Waals surface area contributed by atoms with Crippen molar-refractivity contribution in [2.24, 2.45) is 0 Å². The molecule has 1 aromatic heterocycles. The molecule has 6 heteroatoms. The Labute approximate surface area is 132 Å². The van der Waals surface area contributed by atoms with Crippen molar-refractivity contribution in [1.29, 1.82) is 0 Å². The molecule has 0 fully saturated rings. The van der Waals surface area contributed by atoms with E-state index in [2.05, 4.69) is 10.2 Å². The molecule has 2 aromatic carbocycles. The van der Waals surface area contributed by atoms with Crippen molar-refractivity contribution in [1.82, 2.24) is 10.2 Å². The summed E-state index contributed by atoms with van der Waals surface area (Å²) in [4.78, 5) is 0. The number of nitrogens with zero attached hydrogens (tertiary/aromatic N) is 2. The number of aromatic nitrogens is 2. The van der Waals surface area contributed by atoms with Crippen molar-refractivity contribution in [3.05, 3.63) is 59.4 Å². The Kier molecular flexibility index (Phi) is 4.25. The van der Waals surface area contributed by atoms with Gasteiger partial charge in [0.1, 0.15) is 11.5 Å². The fourth-order valence-electron chi connectivity index (χ4n) is 1.86. The molecule has 0 saturated heterocycles. The van der Waals surface area contributed by atoms with Gasteiger partial charge >= 0.3 is 0 Å². The lowest BCUT2D eigenvalue weighted by molar-refractivity contribution is 0.263. The van der Waals surface area contributed by atoms with Crippen LogP contribution in [-0.4, -0.2) is 17.3 Å². The summed E-state index contributed by atoms with van der Waals surface area (Å²) < 4.78 is 16.3. The lowest BCUT2D eigenvalue weighted by atomic mass is 10.2. The summed E-state index contributed by atoms with van der Waals surface area (Å²) in [6, 6.07) is 14.5. The van der Waals surface area contributed by atoms with Crippen LogP contribution in [0.1, 0.15) is 5.89 Å². The highest BCUT2D eigenvalue weighted by Crippen LogP contribution is 2.22. The zero-order chi connectivity index (χ0) is 15.4. The number of rotatable bonds is 5. The van der Waals surface area contributed by atoms with E-state index in [9.17, 15) is 0 Å². The second-order valence-electron chi connectivity index (χ2n) is 4.48. The molecule has 3 aromatic rings. The molecular formula is C16H13ClN2O3. The van der Waals surface area contributed by atoms with Gasteiger partial charge in [-0.1, -0.05) is 17.7 Å². The van der Waals surface area contributed by atoms with E-state index in [0.717, 1.165) is 11.3 Å². The Balaban J connectivity index is 1.67. The van der Waals surface area contributed by atoms with Gasteiger partial charge in [-0.15, -0.1) is 10.2 Å². The number of hydrogen-bond donors (Lipinski definition) is 0. The van der Waals surface area contributed by atoms with Crippen LogP contribution in [0.3, 0.4) is 0 Å². The number of halogens is 1. The van der Waals surface area contributed by atoms with E-state index in [1.165, 1.54) is 0 Å². The van der Waals surface area contributed by atoms with E-state index in [-0.39, 0.29) is 6.61 Å². The average molecular weight is 317 g/mol. The summed E-state index contributed by atoms with van der Waals surface area (Å²) in [5, 5.41) is 8.62. The van der Waals surface area contributed by atoms with Crippen molar-refractivity contribution >= 4 is 11.6 Å². The van der Waals surface area contributed by atoms with E-state index >= 15 is 0 Å². The maximum absolute atomic E-state index is 5.85. The minimum Gasteiger partial charge on any atom is -0.497 e. The molecular weight excluding hydrogens is 304 g/mol. The van der Waals surface area contributed by atoms with Gasteiger partial charge in [-0.3, -0.25) is 0 Å². The lowest BCUT2D eigenvalue weighted by Crippen LogP contribution is -1.96. The number of methoxy groups -OCH3 is 1. The van der Waals surface area contributed by atoms with Crippen LogP contribution in [-0.2, 0) is 6.61 Å². The predicted octanol–water partition coefficient (Wildman–Crippen LogP) is 3.98. The summed E-state index contributed by atoms with van der Waals surface area (Å²) >= 11 is 5.85. The normalized spacial score (nSPS) is 10.5. The van der Waals surface area contributed by atoms with Crippen LogP contribution < -0.4 is 9.47 Å². The summed E-state index contributed by atoms with van der Waals surface area (Å²) in [6.07, 6.45) is 0. The predicted molar refractivity (Wildman–Crippen MR) is 82.1 cm³/mol.